The van der Waals surface area contributed by atoms with Gasteiger partial charge in [-0.15, -0.1) is 0 Å². The van der Waals surface area contributed by atoms with Crippen molar-refractivity contribution in [3.63, 3.8) is 0 Å². The lowest BCUT2D eigenvalue weighted by atomic mass is 10.1. The summed E-state index contributed by atoms with van der Waals surface area (Å²) in [5.41, 5.74) is 5.97. The molecule has 1 aromatic heterocycles. The molecule has 2 heterocycles. The summed E-state index contributed by atoms with van der Waals surface area (Å²) in [7, 11) is 1.86. The summed E-state index contributed by atoms with van der Waals surface area (Å²) in [5.74, 6) is -0.587. The van der Waals surface area contributed by atoms with Crippen LogP contribution in [-0.2, 0) is 16.1 Å². The van der Waals surface area contributed by atoms with Crippen LogP contribution in [0.3, 0.4) is 0 Å². The molecule has 184 valence electrons. The first kappa shape index (κ1) is 25.4. The smallest absolute Gasteiger partial charge is 0.414 e. The molecule has 3 rings (SSSR count). The molecule has 1 atom stereocenters. The average Bonchev–Trinajstić information content (AvgIpc) is 3.19. The van der Waals surface area contributed by atoms with Crippen LogP contribution in [0.5, 0.6) is 0 Å². The van der Waals surface area contributed by atoms with E-state index in [-0.39, 0.29) is 19.0 Å². The lowest BCUT2D eigenvalue weighted by Crippen LogP contribution is -2.41. The molecule has 10 heteroatoms. The molecular formula is C24H33FN6O3. The minimum atomic E-state index is -0.547. The maximum atomic E-state index is 15.3. The Labute approximate surface area is 199 Å². The van der Waals surface area contributed by atoms with Crippen LogP contribution in [0.1, 0.15) is 25.0 Å². The number of anilines is 2. The highest BCUT2D eigenvalue weighted by Crippen LogP contribution is 2.31. The summed E-state index contributed by atoms with van der Waals surface area (Å²) in [6.07, 6.45) is 2.55. The Balaban J connectivity index is 1.68. The molecule has 2 N–H and O–H groups in total. The van der Waals surface area contributed by atoms with Gasteiger partial charge in [-0.3, -0.25) is 20.1 Å². The Morgan fingerprint density at radius 2 is 2.15 bits per heavy atom. The third-order valence-electron chi connectivity index (χ3n) is 5.75. The molecule has 0 unspecified atom stereocenters. The zero-order valence-electron chi connectivity index (χ0n) is 20.2. The van der Waals surface area contributed by atoms with Crippen LogP contribution >= 0.6 is 0 Å². The maximum absolute atomic E-state index is 15.3. The van der Waals surface area contributed by atoms with E-state index in [1.54, 1.807) is 12.3 Å². The Hall–Kier alpha value is -3.24. The summed E-state index contributed by atoms with van der Waals surface area (Å²) in [4.78, 5) is 31.0. The van der Waals surface area contributed by atoms with Gasteiger partial charge in [0.1, 0.15) is 11.9 Å². The number of nitrogens with zero attached hydrogens (tertiary/aromatic N) is 4. The SMILES string of the molecule is CCN(CCN(Cc1cccnc1)NC)c1c(C)cc(N2C[C@H](CNC(C)=O)OC2=O)cc1F. The van der Waals surface area contributed by atoms with Crippen molar-refractivity contribution in [2.75, 3.05) is 49.6 Å². The van der Waals surface area contributed by atoms with Gasteiger partial charge in [-0.25, -0.2) is 14.2 Å². The van der Waals surface area contributed by atoms with Gasteiger partial charge in [-0.1, -0.05) is 6.07 Å². The van der Waals surface area contributed by atoms with Crippen molar-refractivity contribution in [3.8, 4) is 0 Å². The van der Waals surface area contributed by atoms with E-state index in [0.29, 0.717) is 37.6 Å². The van der Waals surface area contributed by atoms with Crippen LogP contribution < -0.4 is 20.5 Å². The second-order valence-corrected chi connectivity index (χ2v) is 8.23. The number of hydrogen-bond acceptors (Lipinski definition) is 7. The number of benzene rings is 1. The fraction of sp³-hybridized carbons (Fsp3) is 0.458. The fourth-order valence-corrected chi connectivity index (χ4v) is 4.02. The number of pyridine rings is 1. The van der Waals surface area contributed by atoms with Gasteiger partial charge < -0.3 is 15.0 Å². The number of likely N-dealkylation sites (N-methyl/N-ethyl adjacent to an activating group) is 1. The van der Waals surface area contributed by atoms with Crippen LogP contribution in [-0.4, -0.2) is 67.9 Å². The standard InChI is InChI=1S/C24H33FN6O3/c1-5-29(9-10-30(26-4)15-19-7-6-8-27-13-19)23-17(2)11-20(12-22(23)25)31-16-21(34-24(31)33)14-28-18(3)32/h6-8,11-13,21,26H,5,9-10,14-16H2,1-4H3,(H,28,32)/t21-/m0/s1. The van der Waals surface area contributed by atoms with E-state index in [4.69, 9.17) is 4.74 Å². The number of amides is 2. The van der Waals surface area contributed by atoms with Gasteiger partial charge in [0.15, 0.2) is 0 Å². The summed E-state index contributed by atoms with van der Waals surface area (Å²) in [5, 5.41) is 4.69. The van der Waals surface area contributed by atoms with Crippen molar-refractivity contribution in [1.82, 2.24) is 20.7 Å². The van der Waals surface area contributed by atoms with Crippen molar-refractivity contribution in [2.24, 2.45) is 0 Å². The lowest BCUT2D eigenvalue weighted by molar-refractivity contribution is -0.119. The van der Waals surface area contributed by atoms with Gasteiger partial charge in [0.05, 0.1) is 24.5 Å². The molecule has 9 nitrogen and oxygen atoms in total. The number of aryl methyl sites for hydroxylation is 1. The van der Waals surface area contributed by atoms with E-state index in [1.165, 1.54) is 17.9 Å². The molecule has 0 spiro atoms. The lowest BCUT2D eigenvalue weighted by Gasteiger charge is -2.30. The third-order valence-corrected chi connectivity index (χ3v) is 5.75. The molecule has 2 aromatic rings. The zero-order chi connectivity index (χ0) is 24.7. The predicted octanol–water partition coefficient (Wildman–Crippen LogP) is 2.45. The summed E-state index contributed by atoms with van der Waals surface area (Å²) < 4.78 is 20.6. The number of ether oxygens (including phenoxy) is 1. The van der Waals surface area contributed by atoms with Gasteiger partial charge in [-0.05, 0) is 50.2 Å². The first-order valence-corrected chi connectivity index (χ1v) is 11.4. The quantitative estimate of drug-likeness (QED) is 0.486. The number of rotatable bonds is 11. The minimum Gasteiger partial charge on any atom is -0.442 e. The Morgan fingerprint density at radius 3 is 2.76 bits per heavy atom. The molecule has 0 saturated carbocycles. The molecule has 0 bridgehead atoms. The van der Waals surface area contributed by atoms with Gasteiger partial charge in [-0.2, -0.15) is 0 Å². The van der Waals surface area contributed by atoms with Crippen molar-refractivity contribution >= 4 is 23.4 Å². The van der Waals surface area contributed by atoms with E-state index in [2.05, 4.69) is 20.7 Å². The van der Waals surface area contributed by atoms with Gasteiger partial charge >= 0.3 is 6.09 Å². The molecule has 2 amide bonds. The Kier molecular flexibility index (Phi) is 8.78. The van der Waals surface area contributed by atoms with Crippen LogP contribution in [0, 0.1) is 12.7 Å². The van der Waals surface area contributed by atoms with E-state index in [1.807, 2.05) is 44.1 Å². The third kappa shape index (κ3) is 6.42. The van der Waals surface area contributed by atoms with E-state index in [9.17, 15) is 9.59 Å². The number of halogens is 1. The van der Waals surface area contributed by atoms with Crippen LogP contribution in [0.2, 0.25) is 0 Å². The molecule has 34 heavy (non-hydrogen) atoms. The second kappa shape index (κ2) is 11.8. The van der Waals surface area contributed by atoms with E-state index < -0.39 is 18.0 Å². The zero-order valence-corrected chi connectivity index (χ0v) is 20.2. The van der Waals surface area contributed by atoms with E-state index >= 15 is 4.39 Å². The molecule has 1 fully saturated rings. The van der Waals surface area contributed by atoms with Gasteiger partial charge in [0.25, 0.3) is 0 Å². The second-order valence-electron chi connectivity index (χ2n) is 8.23. The molecule has 1 aromatic carbocycles. The number of hydrogen-bond donors (Lipinski definition) is 2. The number of cyclic esters (lactones) is 1. The Morgan fingerprint density at radius 1 is 1.35 bits per heavy atom. The van der Waals surface area contributed by atoms with Gasteiger partial charge in [0, 0.05) is 45.5 Å². The topological polar surface area (TPSA) is 90.0 Å². The number of nitrogens with one attached hydrogen (secondary N) is 2. The fourth-order valence-electron chi connectivity index (χ4n) is 4.02. The molecule has 1 saturated heterocycles. The highest BCUT2D eigenvalue weighted by molar-refractivity contribution is 5.90. The van der Waals surface area contributed by atoms with Crippen molar-refractivity contribution < 1.29 is 18.7 Å². The molecule has 1 aliphatic heterocycles. The summed E-state index contributed by atoms with van der Waals surface area (Å²) in [6, 6.07) is 7.09. The summed E-state index contributed by atoms with van der Waals surface area (Å²) >= 11 is 0. The number of aromatic nitrogens is 1. The minimum absolute atomic E-state index is 0.197. The van der Waals surface area contributed by atoms with E-state index in [0.717, 1.165) is 11.1 Å². The van der Waals surface area contributed by atoms with Crippen LogP contribution in [0.15, 0.2) is 36.7 Å². The van der Waals surface area contributed by atoms with Crippen molar-refractivity contribution in [1.29, 1.82) is 0 Å². The Bertz CT molecular complexity index is 967. The van der Waals surface area contributed by atoms with Crippen LogP contribution in [0.25, 0.3) is 0 Å². The number of carbonyl (C=O) groups is 2. The molecule has 1 aliphatic rings. The average molecular weight is 473 g/mol. The normalized spacial score (nSPS) is 15.5. The number of hydrazine groups is 1. The predicted molar refractivity (Wildman–Crippen MR) is 129 cm³/mol. The van der Waals surface area contributed by atoms with Crippen molar-refractivity contribution in [2.45, 2.75) is 33.4 Å². The van der Waals surface area contributed by atoms with Gasteiger partial charge in [0.2, 0.25) is 5.91 Å². The highest BCUT2D eigenvalue weighted by atomic mass is 19.1. The summed E-state index contributed by atoms with van der Waals surface area (Å²) in [6.45, 7) is 8.30. The number of carbonyl (C=O) groups excluding carboxylic acids is 2. The monoisotopic (exact) mass is 472 g/mol. The first-order chi connectivity index (χ1) is 16.3. The molecular weight excluding hydrogens is 439 g/mol. The highest BCUT2D eigenvalue weighted by Gasteiger charge is 2.33. The molecule has 0 radical (unpaired) electrons. The van der Waals surface area contributed by atoms with Crippen molar-refractivity contribution in [3.05, 3.63) is 53.6 Å². The van der Waals surface area contributed by atoms with Crippen LogP contribution in [0.4, 0.5) is 20.6 Å². The largest absolute Gasteiger partial charge is 0.442 e. The molecule has 0 aliphatic carbocycles. The maximum Gasteiger partial charge on any atom is 0.414 e. The first-order valence-electron chi connectivity index (χ1n) is 11.4.